The zero-order valence-corrected chi connectivity index (χ0v) is 8.11. The lowest BCUT2D eigenvalue weighted by molar-refractivity contribution is 0.337. The highest BCUT2D eigenvalue weighted by Gasteiger charge is 2.30. The molecule has 0 radical (unpaired) electrons. The first-order valence-electron chi connectivity index (χ1n) is 2.79. The monoisotopic (exact) mass is 201 g/mol. The van der Waals surface area contributed by atoms with E-state index in [0.29, 0.717) is 3.71 Å². The van der Waals surface area contributed by atoms with E-state index in [4.69, 9.17) is 9.11 Å². The summed E-state index contributed by atoms with van der Waals surface area (Å²) in [5.41, 5.74) is -0.806. The number of nitrogens with zero attached hydrogens (tertiary/aromatic N) is 1. The van der Waals surface area contributed by atoms with Gasteiger partial charge in [-0.05, 0) is 20.8 Å². The Morgan fingerprint density at radius 3 is 1.36 bits per heavy atom. The lowest BCUT2D eigenvalue weighted by atomic mass is 10.1. The molecule has 0 aliphatic carbocycles. The SMILES string of the molecule is CC(C)(C)N(S(=O)O)S(=O)O. The molecule has 7 heteroatoms. The van der Waals surface area contributed by atoms with Crippen LogP contribution in [0.2, 0.25) is 0 Å². The summed E-state index contributed by atoms with van der Waals surface area (Å²) in [7, 11) is 0. The zero-order chi connectivity index (χ0) is 9.23. The summed E-state index contributed by atoms with van der Waals surface area (Å²) in [6.07, 6.45) is 0. The van der Waals surface area contributed by atoms with E-state index in [1.165, 1.54) is 0 Å². The van der Waals surface area contributed by atoms with Crippen molar-refractivity contribution < 1.29 is 17.5 Å². The van der Waals surface area contributed by atoms with Crippen molar-refractivity contribution in [2.75, 3.05) is 0 Å². The van der Waals surface area contributed by atoms with Gasteiger partial charge in [-0.1, -0.05) is 3.71 Å². The van der Waals surface area contributed by atoms with E-state index >= 15 is 0 Å². The fourth-order valence-electron chi connectivity index (χ4n) is 0.523. The van der Waals surface area contributed by atoms with Crippen molar-refractivity contribution in [1.29, 1.82) is 0 Å². The molecule has 2 N–H and O–H groups in total. The molecule has 0 saturated heterocycles. The topological polar surface area (TPSA) is 77.8 Å². The van der Waals surface area contributed by atoms with Gasteiger partial charge in [0, 0.05) is 5.54 Å². The standard InChI is InChI=1S/C4H11NO4S2/c1-4(2,3)5(10(6)7)11(8)9/h1-3H3,(H,6,7)(H,8,9). The third-order valence-corrected chi connectivity index (χ3v) is 3.26. The van der Waals surface area contributed by atoms with Crippen LogP contribution in [0, 0.1) is 0 Å². The lowest BCUT2D eigenvalue weighted by Crippen LogP contribution is -2.43. The highest BCUT2D eigenvalue weighted by atomic mass is 32.3. The summed E-state index contributed by atoms with van der Waals surface area (Å²) >= 11 is -4.84. The van der Waals surface area contributed by atoms with Crippen molar-refractivity contribution in [3.63, 3.8) is 0 Å². The Hall–Kier alpha value is 0.180. The van der Waals surface area contributed by atoms with Crippen LogP contribution in [0.15, 0.2) is 0 Å². The first-order chi connectivity index (χ1) is 4.76. The summed E-state index contributed by atoms with van der Waals surface area (Å²) in [6, 6.07) is 0. The normalized spacial score (nSPS) is 18.4. The van der Waals surface area contributed by atoms with Gasteiger partial charge in [0.1, 0.15) is 0 Å². The van der Waals surface area contributed by atoms with Crippen LogP contribution in [0.4, 0.5) is 0 Å². The Morgan fingerprint density at radius 1 is 1.09 bits per heavy atom. The maximum Gasteiger partial charge on any atom is 0.249 e. The molecule has 0 aromatic rings. The molecule has 0 aliphatic heterocycles. The predicted molar refractivity (Wildman–Crippen MR) is 43.1 cm³/mol. The third kappa shape index (κ3) is 3.39. The first kappa shape index (κ1) is 11.2. The molecule has 2 atom stereocenters. The number of rotatable bonds is 2. The predicted octanol–water partition coefficient (Wildman–Crippen LogP) is 0.360. The second kappa shape index (κ2) is 3.72. The summed E-state index contributed by atoms with van der Waals surface area (Å²) in [6.45, 7) is 4.69. The molecule has 0 aromatic carbocycles. The van der Waals surface area contributed by atoms with E-state index in [1.807, 2.05) is 0 Å². The lowest BCUT2D eigenvalue weighted by Gasteiger charge is -2.26. The van der Waals surface area contributed by atoms with Crippen LogP contribution in [0.1, 0.15) is 20.8 Å². The van der Waals surface area contributed by atoms with Crippen LogP contribution < -0.4 is 0 Å². The fourth-order valence-corrected chi connectivity index (χ4v) is 1.90. The van der Waals surface area contributed by atoms with Crippen LogP contribution in [0.25, 0.3) is 0 Å². The molecule has 0 saturated carbocycles. The largest absolute Gasteiger partial charge is 0.293 e. The van der Waals surface area contributed by atoms with E-state index in [9.17, 15) is 8.42 Å². The van der Waals surface area contributed by atoms with Gasteiger partial charge in [-0.3, -0.25) is 9.11 Å². The summed E-state index contributed by atoms with van der Waals surface area (Å²) in [4.78, 5) is 0. The van der Waals surface area contributed by atoms with Crippen molar-refractivity contribution in [2.45, 2.75) is 26.3 Å². The summed E-state index contributed by atoms with van der Waals surface area (Å²) in [5, 5.41) is 0. The minimum atomic E-state index is -2.42. The van der Waals surface area contributed by atoms with Crippen LogP contribution in [0.3, 0.4) is 0 Å². The molecule has 11 heavy (non-hydrogen) atoms. The van der Waals surface area contributed by atoms with E-state index in [2.05, 4.69) is 0 Å². The Labute approximate surface area is 70.6 Å². The molecule has 0 rings (SSSR count). The van der Waals surface area contributed by atoms with Gasteiger partial charge in [-0.15, -0.1) is 0 Å². The summed E-state index contributed by atoms with van der Waals surface area (Å²) < 4.78 is 38.6. The molecule has 68 valence electrons. The van der Waals surface area contributed by atoms with E-state index in [1.54, 1.807) is 20.8 Å². The Balaban J connectivity index is 4.63. The van der Waals surface area contributed by atoms with Crippen molar-refractivity contribution in [3.8, 4) is 0 Å². The molecule has 0 aliphatic rings. The van der Waals surface area contributed by atoms with Crippen LogP contribution in [0.5, 0.6) is 0 Å². The molecule has 0 spiro atoms. The molecular weight excluding hydrogens is 190 g/mol. The minimum Gasteiger partial charge on any atom is -0.293 e. The van der Waals surface area contributed by atoms with Crippen molar-refractivity contribution in [3.05, 3.63) is 0 Å². The van der Waals surface area contributed by atoms with Gasteiger partial charge in [-0.2, -0.15) is 0 Å². The quantitative estimate of drug-likeness (QED) is 0.632. The Kier molecular flexibility index (Phi) is 3.78. The molecule has 0 amide bonds. The van der Waals surface area contributed by atoms with Gasteiger partial charge in [0.2, 0.25) is 22.5 Å². The van der Waals surface area contributed by atoms with Gasteiger partial charge in [0.15, 0.2) is 0 Å². The van der Waals surface area contributed by atoms with Gasteiger partial charge in [0.25, 0.3) is 0 Å². The van der Waals surface area contributed by atoms with Crippen LogP contribution in [-0.2, 0) is 22.5 Å². The van der Waals surface area contributed by atoms with Gasteiger partial charge in [-0.25, -0.2) is 8.42 Å². The van der Waals surface area contributed by atoms with Crippen molar-refractivity contribution in [1.82, 2.24) is 3.71 Å². The zero-order valence-electron chi connectivity index (χ0n) is 6.47. The highest BCUT2D eigenvalue weighted by molar-refractivity contribution is 7.92. The molecule has 2 unspecified atom stereocenters. The third-order valence-electron chi connectivity index (χ3n) is 0.831. The number of hydrogen-bond donors (Lipinski definition) is 2. The average Bonchev–Trinajstić information content (AvgIpc) is 1.54. The fraction of sp³-hybridized carbons (Fsp3) is 1.00. The molecular formula is C4H11NO4S2. The molecule has 0 aromatic heterocycles. The van der Waals surface area contributed by atoms with E-state index < -0.39 is 28.1 Å². The smallest absolute Gasteiger partial charge is 0.249 e. The van der Waals surface area contributed by atoms with Crippen molar-refractivity contribution >= 4 is 22.5 Å². The molecule has 0 bridgehead atoms. The van der Waals surface area contributed by atoms with Crippen LogP contribution >= 0.6 is 0 Å². The van der Waals surface area contributed by atoms with E-state index in [-0.39, 0.29) is 0 Å². The van der Waals surface area contributed by atoms with E-state index in [0.717, 1.165) is 0 Å². The first-order valence-corrected chi connectivity index (χ1v) is 4.91. The minimum absolute atomic E-state index is 0.576. The maximum absolute atomic E-state index is 10.5. The number of hydrogen-bond acceptors (Lipinski definition) is 2. The average molecular weight is 201 g/mol. The highest BCUT2D eigenvalue weighted by Crippen LogP contribution is 2.15. The second-order valence-corrected chi connectivity index (χ2v) is 4.77. The van der Waals surface area contributed by atoms with Gasteiger partial charge >= 0.3 is 0 Å². The van der Waals surface area contributed by atoms with Gasteiger partial charge < -0.3 is 0 Å². The molecule has 0 heterocycles. The van der Waals surface area contributed by atoms with Crippen LogP contribution in [-0.4, -0.2) is 26.8 Å². The Morgan fingerprint density at radius 2 is 1.36 bits per heavy atom. The Bertz CT molecular complexity index is 173. The van der Waals surface area contributed by atoms with Gasteiger partial charge in [0.05, 0.1) is 0 Å². The maximum atomic E-state index is 10.5. The molecule has 5 nitrogen and oxygen atoms in total. The molecule has 0 fully saturated rings. The summed E-state index contributed by atoms with van der Waals surface area (Å²) in [5.74, 6) is 0. The second-order valence-electron chi connectivity index (χ2n) is 2.89. The van der Waals surface area contributed by atoms with Crippen molar-refractivity contribution in [2.24, 2.45) is 0 Å².